The van der Waals surface area contributed by atoms with Crippen molar-refractivity contribution < 1.29 is 0 Å². The first-order valence-corrected chi connectivity index (χ1v) is 6.06. The number of hydrogen-bond acceptors (Lipinski definition) is 3. The molecule has 6 heteroatoms. The molecule has 0 aliphatic carbocycles. The van der Waals surface area contributed by atoms with Crippen molar-refractivity contribution in [2.75, 3.05) is 0 Å². The molecule has 4 nitrogen and oxygen atoms in total. The number of nitrogens with zero attached hydrogens (tertiary/aromatic N) is 4. The Bertz CT molecular complexity index is 708. The largest absolute Gasteiger partial charge is 0.314 e. The smallest absolute Gasteiger partial charge is 0.166 e. The predicted molar refractivity (Wildman–Crippen MR) is 70.9 cm³/mol. The summed E-state index contributed by atoms with van der Waals surface area (Å²) in [5.41, 5.74) is 2.54. The number of imidazole rings is 1. The number of fused-ring (bicyclic) bond motifs is 1. The van der Waals surface area contributed by atoms with Gasteiger partial charge in [-0.25, -0.2) is 9.97 Å². The van der Waals surface area contributed by atoms with Crippen molar-refractivity contribution in [3.63, 3.8) is 0 Å². The standard InChI is InChI=1S/C12H8Cl2N4/c13-11-12(14)18(7-16-11)6-8-5-15-9-3-1-2-4-10(9)17-8/h1-5,7H,6H2. The molecule has 18 heavy (non-hydrogen) atoms. The second-order valence-corrected chi connectivity index (χ2v) is 4.52. The van der Waals surface area contributed by atoms with E-state index in [1.165, 1.54) is 0 Å². The summed E-state index contributed by atoms with van der Waals surface area (Å²) >= 11 is 11.8. The average Bonchev–Trinajstić information content (AvgIpc) is 2.71. The molecular formula is C12H8Cl2N4. The molecular weight excluding hydrogens is 271 g/mol. The third kappa shape index (κ3) is 2.05. The van der Waals surface area contributed by atoms with Gasteiger partial charge in [-0.15, -0.1) is 0 Å². The van der Waals surface area contributed by atoms with E-state index in [-0.39, 0.29) is 0 Å². The summed E-state index contributed by atoms with van der Waals surface area (Å²) in [6, 6.07) is 7.71. The highest BCUT2D eigenvalue weighted by Gasteiger charge is 2.07. The number of rotatable bonds is 2. The quantitative estimate of drug-likeness (QED) is 0.723. The predicted octanol–water partition coefficient (Wildman–Crippen LogP) is 3.18. The normalized spacial score (nSPS) is 11.0. The first-order valence-electron chi connectivity index (χ1n) is 5.31. The molecule has 0 radical (unpaired) electrons. The van der Waals surface area contributed by atoms with Crippen molar-refractivity contribution >= 4 is 34.2 Å². The highest BCUT2D eigenvalue weighted by atomic mass is 35.5. The van der Waals surface area contributed by atoms with Crippen LogP contribution in [0.5, 0.6) is 0 Å². The molecule has 0 N–H and O–H groups in total. The molecule has 0 aliphatic heterocycles. The first-order chi connectivity index (χ1) is 8.74. The fourth-order valence-electron chi connectivity index (χ4n) is 1.70. The van der Waals surface area contributed by atoms with Crippen molar-refractivity contribution in [3.8, 4) is 0 Å². The molecule has 2 aromatic heterocycles. The summed E-state index contributed by atoms with van der Waals surface area (Å²) in [5.74, 6) is 0. The van der Waals surface area contributed by atoms with Gasteiger partial charge in [-0.1, -0.05) is 35.3 Å². The van der Waals surface area contributed by atoms with E-state index in [2.05, 4.69) is 15.0 Å². The molecule has 0 saturated carbocycles. The van der Waals surface area contributed by atoms with Crippen LogP contribution in [-0.4, -0.2) is 19.5 Å². The molecule has 0 aliphatic rings. The van der Waals surface area contributed by atoms with Crippen molar-refractivity contribution in [2.24, 2.45) is 0 Å². The van der Waals surface area contributed by atoms with Gasteiger partial charge in [-0.3, -0.25) is 4.98 Å². The molecule has 0 saturated heterocycles. The Morgan fingerprint density at radius 2 is 1.83 bits per heavy atom. The monoisotopic (exact) mass is 278 g/mol. The van der Waals surface area contributed by atoms with E-state index >= 15 is 0 Å². The molecule has 3 rings (SSSR count). The number of halogens is 2. The summed E-state index contributed by atoms with van der Waals surface area (Å²) in [4.78, 5) is 12.8. The van der Waals surface area contributed by atoms with Crippen LogP contribution in [-0.2, 0) is 6.54 Å². The fourth-order valence-corrected chi connectivity index (χ4v) is 2.00. The van der Waals surface area contributed by atoms with Crippen LogP contribution in [0.2, 0.25) is 10.3 Å². The van der Waals surface area contributed by atoms with Gasteiger partial charge >= 0.3 is 0 Å². The second-order valence-electron chi connectivity index (χ2n) is 3.80. The van der Waals surface area contributed by atoms with Crippen LogP contribution >= 0.6 is 23.2 Å². The number of hydrogen-bond donors (Lipinski definition) is 0. The number of aromatic nitrogens is 4. The van der Waals surface area contributed by atoms with Gasteiger partial charge in [0.05, 0.1) is 35.8 Å². The highest BCUT2D eigenvalue weighted by Crippen LogP contribution is 2.20. The molecule has 0 fully saturated rings. The van der Waals surface area contributed by atoms with E-state index in [1.54, 1.807) is 17.1 Å². The lowest BCUT2D eigenvalue weighted by molar-refractivity contribution is 0.773. The molecule has 0 unspecified atom stereocenters. The summed E-state index contributed by atoms with van der Waals surface area (Å²) < 4.78 is 1.72. The minimum Gasteiger partial charge on any atom is -0.314 e. The van der Waals surface area contributed by atoms with Crippen LogP contribution in [0.15, 0.2) is 36.8 Å². The summed E-state index contributed by atoms with van der Waals surface area (Å²) in [7, 11) is 0. The molecule has 2 heterocycles. The van der Waals surface area contributed by atoms with Gasteiger partial charge in [0.25, 0.3) is 0 Å². The Hall–Kier alpha value is -1.65. The molecule has 0 atom stereocenters. The van der Waals surface area contributed by atoms with E-state index in [4.69, 9.17) is 23.2 Å². The Labute approximate surface area is 113 Å². The summed E-state index contributed by atoms with van der Waals surface area (Å²) in [6.07, 6.45) is 3.31. The Kier molecular flexibility index (Phi) is 2.89. The van der Waals surface area contributed by atoms with Crippen molar-refractivity contribution in [3.05, 3.63) is 52.8 Å². The lowest BCUT2D eigenvalue weighted by atomic mass is 10.3. The number of para-hydroxylation sites is 2. The molecule has 0 spiro atoms. The first kappa shape index (κ1) is 11.4. The average molecular weight is 279 g/mol. The van der Waals surface area contributed by atoms with Crippen LogP contribution in [0.25, 0.3) is 11.0 Å². The van der Waals surface area contributed by atoms with E-state index in [0.29, 0.717) is 16.9 Å². The lowest BCUT2D eigenvalue weighted by Gasteiger charge is -2.04. The van der Waals surface area contributed by atoms with E-state index in [0.717, 1.165) is 16.7 Å². The Morgan fingerprint density at radius 1 is 1.06 bits per heavy atom. The van der Waals surface area contributed by atoms with Gasteiger partial charge in [0, 0.05) is 0 Å². The Morgan fingerprint density at radius 3 is 2.56 bits per heavy atom. The van der Waals surface area contributed by atoms with Crippen LogP contribution in [0.4, 0.5) is 0 Å². The van der Waals surface area contributed by atoms with Gasteiger partial charge in [0.15, 0.2) is 5.15 Å². The lowest BCUT2D eigenvalue weighted by Crippen LogP contribution is -2.01. The van der Waals surface area contributed by atoms with Gasteiger partial charge in [-0.2, -0.15) is 0 Å². The molecule has 1 aromatic carbocycles. The third-order valence-corrected chi connectivity index (χ3v) is 3.33. The number of benzene rings is 1. The molecule has 3 aromatic rings. The van der Waals surface area contributed by atoms with Crippen molar-refractivity contribution in [2.45, 2.75) is 6.54 Å². The minimum atomic E-state index is 0.297. The maximum atomic E-state index is 6.00. The van der Waals surface area contributed by atoms with Crippen LogP contribution in [0, 0.1) is 0 Å². The zero-order chi connectivity index (χ0) is 12.5. The van der Waals surface area contributed by atoms with Crippen molar-refractivity contribution in [1.82, 2.24) is 19.5 Å². The molecule has 0 bridgehead atoms. The highest BCUT2D eigenvalue weighted by molar-refractivity contribution is 6.40. The maximum Gasteiger partial charge on any atom is 0.166 e. The van der Waals surface area contributed by atoms with E-state index in [1.807, 2.05) is 24.3 Å². The van der Waals surface area contributed by atoms with Crippen LogP contribution < -0.4 is 0 Å². The van der Waals surface area contributed by atoms with Crippen molar-refractivity contribution in [1.29, 1.82) is 0 Å². The second kappa shape index (κ2) is 4.55. The van der Waals surface area contributed by atoms with Gasteiger partial charge in [0.2, 0.25) is 0 Å². The molecule has 90 valence electrons. The van der Waals surface area contributed by atoms with Crippen LogP contribution in [0.3, 0.4) is 0 Å². The minimum absolute atomic E-state index is 0.297. The van der Waals surface area contributed by atoms with E-state index in [9.17, 15) is 0 Å². The zero-order valence-electron chi connectivity index (χ0n) is 9.22. The SMILES string of the molecule is Clc1ncn(Cc2cnc3ccccc3n2)c1Cl. The van der Waals surface area contributed by atoms with E-state index < -0.39 is 0 Å². The Balaban J connectivity index is 1.98. The summed E-state index contributed by atoms with van der Waals surface area (Å²) in [6.45, 7) is 0.496. The maximum absolute atomic E-state index is 6.00. The molecule has 0 amide bonds. The zero-order valence-corrected chi connectivity index (χ0v) is 10.7. The van der Waals surface area contributed by atoms with Crippen LogP contribution in [0.1, 0.15) is 5.69 Å². The summed E-state index contributed by atoms with van der Waals surface area (Å²) in [5, 5.41) is 0.706. The topological polar surface area (TPSA) is 43.6 Å². The third-order valence-electron chi connectivity index (χ3n) is 2.56. The van der Waals surface area contributed by atoms with Gasteiger partial charge < -0.3 is 4.57 Å². The fraction of sp³-hybridized carbons (Fsp3) is 0.0833. The van der Waals surface area contributed by atoms with Gasteiger partial charge in [-0.05, 0) is 12.1 Å². The van der Waals surface area contributed by atoms with Gasteiger partial charge in [0.1, 0.15) is 5.15 Å².